The number of benzene rings is 1. The highest BCUT2D eigenvalue weighted by atomic mass is 35.5. The molecule has 2 amide bonds. The Balaban J connectivity index is 2.42. The van der Waals surface area contributed by atoms with Crippen LogP contribution in [0.1, 0.15) is 18.5 Å². The third-order valence-corrected chi connectivity index (χ3v) is 2.92. The normalized spacial score (nSPS) is 13.7. The number of urea groups is 1. The standard InChI is InChI=1S/C13H19ClN2O3/c1-9(11-5-3-4-6-12(11)14)16-13(18)15-7-10(17)8-19-2/h3-6,9-10,17H,7-8H2,1-2H3,(H2,15,16,18). The first-order valence-corrected chi connectivity index (χ1v) is 6.38. The molecule has 0 fully saturated rings. The van der Waals surface area contributed by atoms with E-state index in [2.05, 4.69) is 10.6 Å². The highest BCUT2D eigenvalue weighted by Crippen LogP contribution is 2.21. The Morgan fingerprint density at radius 2 is 2.16 bits per heavy atom. The number of carbonyl (C=O) groups is 1. The Morgan fingerprint density at radius 1 is 1.47 bits per heavy atom. The second-order valence-corrected chi connectivity index (χ2v) is 4.61. The molecular formula is C13H19ClN2O3. The summed E-state index contributed by atoms with van der Waals surface area (Å²) in [5, 5.41) is 15.3. The van der Waals surface area contributed by atoms with Gasteiger partial charge in [-0.15, -0.1) is 0 Å². The predicted octanol–water partition coefficient (Wildman–Crippen LogP) is 1.71. The summed E-state index contributed by atoms with van der Waals surface area (Å²) in [5.74, 6) is 0. The lowest BCUT2D eigenvalue weighted by atomic mass is 10.1. The first-order chi connectivity index (χ1) is 9.04. The molecular weight excluding hydrogens is 268 g/mol. The first-order valence-electron chi connectivity index (χ1n) is 6.00. The molecule has 1 aromatic carbocycles. The molecule has 0 heterocycles. The van der Waals surface area contributed by atoms with Gasteiger partial charge in [-0.1, -0.05) is 29.8 Å². The zero-order chi connectivity index (χ0) is 14.3. The van der Waals surface area contributed by atoms with Crippen molar-refractivity contribution in [3.63, 3.8) is 0 Å². The molecule has 0 aliphatic rings. The molecule has 0 radical (unpaired) electrons. The minimum atomic E-state index is -0.716. The van der Waals surface area contributed by atoms with Gasteiger partial charge in [0.2, 0.25) is 0 Å². The smallest absolute Gasteiger partial charge is 0.315 e. The zero-order valence-electron chi connectivity index (χ0n) is 11.0. The molecule has 0 spiro atoms. The van der Waals surface area contributed by atoms with E-state index in [1.165, 1.54) is 7.11 Å². The lowest BCUT2D eigenvalue weighted by Gasteiger charge is -2.17. The second-order valence-electron chi connectivity index (χ2n) is 4.21. The SMILES string of the molecule is COCC(O)CNC(=O)NC(C)c1ccccc1Cl. The lowest BCUT2D eigenvalue weighted by molar-refractivity contribution is 0.0659. The number of hydrogen-bond donors (Lipinski definition) is 3. The zero-order valence-corrected chi connectivity index (χ0v) is 11.8. The summed E-state index contributed by atoms with van der Waals surface area (Å²) in [7, 11) is 1.49. The van der Waals surface area contributed by atoms with Gasteiger partial charge in [0, 0.05) is 18.7 Å². The molecule has 1 aromatic rings. The number of ether oxygens (including phenoxy) is 1. The van der Waals surface area contributed by atoms with Crippen LogP contribution in [0.5, 0.6) is 0 Å². The van der Waals surface area contributed by atoms with Gasteiger partial charge in [0.25, 0.3) is 0 Å². The quantitative estimate of drug-likeness (QED) is 0.745. The van der Waals surface area contributed by atoms with E-state index in [9.17, 15) is 9.90 Å². The number of carbonyl (C=O) groups excluding carboxylic acids is 1. The molecule has 0 aromatic heterocycles. The summed E-state index contributed by atoms with van der Waals surface area (Å²) in [6.45, 7) is 2.15. The molecule has 0 bridgehead atoms. The number of aliphatic hydroxyl groups is 1. The molecule has 106 valence electrons. The topological polar surface area (TPSA) is 70.6 Å². The summed E-state index contributed by atoms with van der Waals surface area (Å²) in [6.07, 6.45) is -0.716. The maximum absolute atomic E-state index is 11.6. The molecule has 0 aliphatic heterocycles. The van der Waals surface area contributed by atoms with Gasteiger partial charge in [0.15, 0.2) is 0 Å². The van der Waals surface area contributed by atoms with E-state index in [1.807, 2.05) is 25.1 Å². The van der Waals surface area contributed by atoms with Crippen LogP contribution >= 0.6 is 11.6 Å². The van der Waals surface area contributed by atoms with Crippen LogP contribution in [-0.4, -0.2) is 37.5 Å². The number of halogens is 1. The Morgan fingerprint density at radius 3 is 2.79 bits per heavy atom. The number of amides is 2. The Hall–Kier alpha value is -1.30. The number of nitrogens with one attached hydrogen (secondary N) is 2. The van der Waals surface area contributed by atoms with Crippen molar-refractivity contribution in [3.05, 3.63) is 34.9 Å². The number of methoxy groups -OCH3 is 1. The minimum Gasteiger partial charge on any atom is -0.389 e. The molecule has 0 aliphatic carbocycles. The molecule has 0 saturated heterocycles. The summed E-state index contributed by atoms with van der Waals surface area (Å²) in [6, 6.07) is 6.75. The first kappa shape index (κ1) is 15.8. The Labute approximate surface area is 117 Å². The van der Waals surface area contributed by atoms with Crippen LogP contribution in [0.25, 0.3) is 0 Å². The van der Waals surface area contributed by atoms with Crippen LogP contribution in [0.15, 0.2) is 24.3 Å². The fraction of sp³-hybridized carbons (Fsp3) is 0.462. The number of aliphatic hydroxyl groups excluding tert-OH is 1. The van der Waals surface area contributed by atoms with E-state index >= 15 is 0 Å². The molecule has 1 rings (SSSR count). The average molecular weight is 287 g/mol. The van der Waals surface area contributed by atoms with Gasteiger partial charge in [0.05, 0.1) is 18.8 Å². The fourth-order valence-electron chi connectivity index (χ4n) is 1.61. The van der Waals surface area contributed by atoms with Crippen molar-refractivity contribution in [3.8, 4) is 0 Å². The molecule has 6 heteroatoms. The summed E-state index contributed by atoms with van der Waals surface area (Å²) in [4.78, 5) is 11.6. The summed E-state index contributed by atoms with van der Waals surface area (Å²) >= 11 is 6.04. The van der Waals surface area contributed by atoms with Gasteiger partial charge in [-0.3, -0.25) is 0 Å². The maximum atomic E-state index is 11.6. The largest absolute Gasteiger partial charge is 0.389 e. The summed E-state index contributed by atoms with van der Waals surface area (Å²) < 4.78 is 4.76. The van der Waals surface area contributed by atoms with E-state index in [0.29, 0.717) is 5.02 Å². The molecule has 2 unspecified atom stereocenters. The van der Waals surface area contributed by atoms with Gasteiger partial charge in [-0.2, -0.15) is 0 Å². The van der Waals surface area contributed by atoms with Crippen molar-refractivity contribution in [2.24, 2.45) is 0 Å². The van der Waals surface area contributed by atoms with Gasteiger partial charge in [0.1, 0.15) is 0 Å². The van der Waals surface area contributed by atoms with E-state index in [0.717, 1.165) is 5.56 Å². The second kappa shape index (κ2) is 7.99. The van der Waals surface area contributed by atoms with Crippen LogP contribution in [-0.2, 0) is 4.74 Å². The third kappa shape index (κ3) is 5.46. The monoisotopic (exact) mass is 286 g/mol. The predicted molar refractivity (Wildman–Crippen MR) is 74.3 cm³/mol. The van der Waals surface area contributed by atoms with Gasteiger partial charge < -0.3 is 20.5 Å². The Kier molecular flexibility index (Phi) is 6.62. The molecule has 19 heavy (non-hydrogen) atoms. The van der Waals surface area contributed by atoms with Crippen LogP contribution in [0.3, 0.4) is 0 Å². The van der Waals surface area contributed by atoms with E-state index in [-0.39, 0.29) is 25.2 Å². The Bertz CT molecular complexity index is 415. The highest BCUT2D eigenvalue weighted by Gasteiger charge is 2.12. The van der Waals surface area contributed by atoms with Crippen LogP contribution in [0, 0.1) is 0 Å². The van der Waals surface area contributed by atoms with E-state index in [4.69, 9.17) is 16.3 Å². The van der Waals surface area contributed by atoms with E-state index < -0.39 is 6.10 Å². The van der Waals surface area contributed by atoms with Crippen LogP contribution < -0.4 is 10.6 Å². The average Bonchev–Trinajstić information content (AvgIpc) is 2.37. The van der Waals surface area contributed by atoms with Crippen molar-refractivity contribution in [2.75, 3.05) is 20.3 Å². The number of hydrogen-bond acceptors (Lipinski definition) is 3. The van der Waals surface area contributed by atoms with Crippen molar-refractivity contribution in [1.29, 1.82) is 0 Å². The molecule has 5 nitrogen and oxygen atoms in total. The maximum Gasteiger partial charge on any atom is 0.315 e. The van der Waals surface area contributed by atoms with Gasteiger partial charge >= 0.3 is 6.03 Å². The molecule has 2 atom stereocenters. The van der Waals surface area contributed by atoms with E-state index in [1.54, 1.807) is 6.07 Å². The van der Waals surface area contributed by atoms with Crippen molar-refractivity contribution < 1.29 is 14.6 Å². The van der Waals surface area contributed by atoms with Crippen molar-refractivity contribution in [2.45, 2.75) is 19.1 Å². The highest BCUT2D eigenvalue weighted by molar-refractivity contribution is 6.31. The van der Waals surface area contributed by atoms with Crippen LogP contribution in [0.4, 0.5) is 4.79 Å². The third-order valence-electron chi connectivity index (χ3n) is 2.58. The van der Waals surface area contributed by atoms with Crippen molar-refractivity contribution in [1.82, 2.24) is 10.6 Å². The lowest BCUT2D eigenvalue weighted by Crippen LogP contribution is -2.41. The van der Waals surface area contributed by atoms with Crippen molar-refractivity contribution >= 4 is 17.6 Å². The van der Waals surface area contributed by atoms with Crippen LogP contribution in [0.2, 0.25) is 5.02 Å². The van der Waals surface area contributed by atoms with Gasteiger partial charge in [-0.25, -0.2) is 4.79 Å². The fourth-order valence-corrected chi connectivity index (χ4v) is 1.91. The summed E-state index contributed by atoms with van der Waals surface area (Å²) in [5.41, 5.74) is 0.844. The molecule has 0 saturated carbocycles. The molecule has 3 N–H and O–H groups in total. The van der Waals surface area contributed by atoms with Gasteiger partial charge in [-0.05, 0) is 18.6 Å². The number of rotatable bonds is 6. The minimum absolute atomic E-state index is 0.134.